The van der Waals surface area contributed by atoms with Crippen molar-refractivity contribution in [2.24, 2.45) is 0 Å². The molecule has 1 rings (SSSR count). The molecule has 6 heteroatoms. The van der Waals surface area contributed by atoms with Crippen molar-refractivity contribution in [3.05, 3.63) is 16.3 Å². The van der Waals surface area contributed by atoms with Gasteiger partial charge in [-0.3, -0.25) is 15.2 Å². The number of nitrogens with one attached hydrogen (secondary N) is 1. The molecular weight excluding hydrogens is 148 g/mol. The first-order valence-electron chi connectivity index (χ1n) is 2.98. The summed E-state index contributed by atoms with van der Waals surface area (Å²) in [7, 11) is 3.42. The number of H-pyrrole nitrogens is 1. The third-order valence-corrected chi connectivity index (χ3v) is 1.24. The molecule has 1 aromatic rings. The van der Waals surface area contributed by atoms with E-state index < -0.39 is 4.92 Å². The van der Waals surface area contributed by atoms with Crippen LogP contribution in [-0.4, -0.2) is 29.2 Å². The van der Waals surface area contributed by atoms with Gasteiger partial charge in [-0.25, -0.2) is 0 Å². The van der Waals surface area contributed by atoms with Crippen molar-refractivity contribution in [3.63, 3.8) is 0 Å². The Labute approximate surface area is 63.0 Å². The second-order valence-corrected chi connectivity index (χ2v) is 2.26. The number of aromatic nitrogens is 2. The maximum Gasteiger partial charge on any atom is 0.330 e. The summed E-state index contributed by atoms with van der Waals surface area (Å²) in [4.78, 5) is 11.4. The van der Waals surface area contributed by atoms with Crippen molar-refractivity contribution >= 4 is 11.5 Å². The van der Waals surface area contributed by atoms with Gasteiger partial charge >= 0.3 is 5.69 Å². The van der Waals surface area contributed by atoms with Crippen molar-refractivity contribution in [3.8, 4) is 0 Å². The van der Waals surface area contributed by atoms with Gasteiger partial charge in [0.15, 0.2) is 0 Å². The molecule has 0 radical (unpaired) electrons. The van der Waals surface area contributed by atoms with Gasteiger partial charge in [-0.05, 0) is 0 Å². The Morgan fingerprint density at radius 2 is 2.36 bits per heavy atom. The van der Waals surface area contributed by atoms with E-state index in [1.807, 2.05) is 0 Å². The predicted octanol–water partition coefficient (Wildman–Crippen LogP) is 0.384. The third-order valence-electron chi connectivity index (χ3n) is 1.24. The Morgan fingerprint density at radius 1 is 1.73 bits per heavy atom. The lowest BCUT2D eigenvalue weighted by Crippen LogP contribution is -2.10. The number of nitrogens with zero attached hydrogens (tertiary/aromatic N) is 3. The minimum absolute atomic E-state index is 0.00463. The molecule has 11 heavy (non-hydrogen) atoms. The summed E-state index contributed by atoms with van der Waals surface area (Å²) in [5, 5.41) is 16.4. The van der Waals surface area contributed by atoms with Crippen LogP contribution in [0.1, 0.15) is 0 Å². The van der Waals surface area contributed by atoms with E-state index in [0.29, 0.717) is 5.82 Å². The van der Waals surface area contributed by atoms with Gasteiger partial charge in [0.25, 0.3) is 0 Å². The van der Waals surface area contributed by atoms with E-state index in [0.717, 1.165) is 0 Å². The van der Waals surface area contributed by atoms with Crippen LogP contribution in [0.15, 0.2) is 6.20 Å². The summed E-state index contributed by atoms with van der Waals surface area (Å²) in [5.74, 6) is 0.412. The van der Waals surface area contributed by atoms with Crippen LogP contribution in [0, 0.1) is 10.1 Å². The van der Waals surface area contributed by atoms with Gasteiger partial charge in [0.1, 0.15) is 6.20 Å². The number of aromatic amines is 1. The standard InChI is InChI=1S/C5H8N4O2/c1-8(2)5-4(9(10)11)3-6-7-5/h3H,1-2H3,(H,6,7). The number of nitro groups is 1. The highest BCUT2D eigenvalue weighted by Gasteiger charge is 2.16. The number of hydrogen-bond donors (Lipinski definition) is 1. The molecule has 0 saturated heterocycles. The largest absolute Gasteiger partial charge is 0.357 e. The lowest BCUT2D eigenvalue weighted by atomic mass is 10.5. The van der Waals surface area contributed by atoms with E-state index in [9.17, 15) is 10.1 Å². The highest BCUT2D eigenvalue weighted by molar-refractivity contribution is 5.55. The van der Waals surface area contributed by atoms with Crippen LogP contribution in [0.5, 0.6) is 0 Å². The summed E-state index contributed by atoms with van der Waals surface area (Å²) in [6.45, 7) is 0. The van der Waals surface area contributed by atoms with Gasteiger partial charge in [0, 0.05) is 14.1 Å². The minimum atomic E-state index is -0.473. The lowest BCUT2D eigenvalue weighted by molar-refractivity contribution is -0.384. The molecule has 6 nitrogen and oxygen atoms in total. The Bertz CT molecular complexity index is 267. The van der Waals surface area contributed by atoms with E-state index >= 15 is 0 Å². The fourth-order valence-corrected chi connectivity index (χ4v) is 0.736. The Kier molecular flexibility index (Phi) is 1.75. The third kappa shape index (κ3) is 1.28. The molecule has 0 atom stereocenters. The molecule has 0 saturated carbocycles. The molecule has 0 bridgehead atoms. The normalized spacial score (nSPS) is 9.64. The fraction of sp³-hybridized carbons (Fsp3) is 0.400. The minimum Gasteiger partial charge on any atom is -0.357 e. The SMILES string of the molecule is CN(C)c1[nH]ncc1[N+](=O)[O-]. The van der Waals surface area contributed by atoms with E-state index in [-0.39, 0.29) is 5.69 Å². The van der Waals surface area contributed by atoms with Gasteiger partial charge in [-0.15, -0.1) is 0 Å². The monoisotopic (exact) mass is 156 g/mol. The molecule has 0 amide bonds. The van der Waals surface area contributed by atoms with Crippen molar-refractivity contribution in [1.82, 2.24) is 10.2 Å². The number of rotatable bonds is 2. The second-order valence-electron chi connectivity index (χ2n) is 2.26. The van der Waals surface area contributed by atoms with Crippen LogP contribution >= 0.6 is 0 Å². The highest BCUT2D eigenvalue weighted by atomic mass is 16.6. The molecule has 1 aromatic heterocycles. The zero-order valence-corrected chi connectivity index (χ0v) is 6.24. The van der Waals surface area contributed by atoms with Crippen LogP contribution < -0.4 is 4.90 Å². The second kappa shape index (κ2) is 2.57. The smallest absolute Gasteiger partial charge is 0.330 e. The topological polar surface area (TPSA) is 75.1 Å². The summed E-state index contributed by atoms with van der Waals surface area (Å²) in [6, 6.07) is 0. The molecule has 0 aliphatic rings. The average molecular weight is 156 g/mol. The van der Waals surface area contributed by atoms with Crippen LogP contribution in [0.25, 0.3) is 0 Å². The van der Waals surface area contributed by atoms with E-state index in [1.165, 1.54) is 6.20 Å². The van der Waals surface area contributed by atoms with Crippen molar-refractivity contribution < 1.29 is 4.92 Å². The van der Waals surface area contributed by atoms with Gasteiger partial charge in [0.05, 0.1) is 4.92 Å². The lowest BCUT2D eigenvalue weighted by Gasteiger charge is -2.06. The summed E-state index contributed by atoms with van der Waals surface area (Å²) >= 11 is 0. The molecule has 0 aliphatic carbocycles. The van der Waals surface area contributed by atoms with Gasteiger partial charge in [-0.2, -0.15) is 5.10 Å². The first-order chi connectivity index (χ1) is 5.13. The van der Waals surface area contributed by atoms with Crippen molar-refractivity contribution in [2.45, 2.75) is 0 Å². The molecule has 60 valence electrons. The zero-order valence-electron chi connectivity index (χ0n) is 6.24. The van der Waals surface area contributed by atoms with Gasteiger partial charge in [0.2, 0.25) is 5.82 Å². The average Bonchev–Trinajstić information content (AvgIpc) is 2.32. The molecule has 0 aliphatic heterocycles. The molecule has 1 N–H and O–H groups in total. The fourth-order valence-electron chi connectivity index (χ4n) is 0.736. The highest BCUT2D eigenvalue weighted by Crippen LogP contribution is 2.21. The molecule has 0 unspecified atom stereocenters. The number of hydrogen-bond acceptors (Lipinski definition) is 4. The van der Waals surface area contributed by atoms with Crippen LogP contribution in [0.3, 0.4) is 0 Å². The molecular formula is C5H8N4O2. The van der Waals surface area contributed by atoms with Crippen molar-refractivity contribution in [1.29, 1.82) is 0 Å². The number of anilines is 1. The Morgan fingerprint density at radius 3 is 2.73 bits per heavy atom. The molecule has 0 aromatic carbocycles. The van der Waals surface area contributed by atoms with E-state index in [4.69, 9.17) is 0 Å². The van der Waals surface area contributed by atoms with Crippen molar-refractivity contribution in [2.75, 3.05) is 19.0 Å². The maximum atomic E-state index is 10.3. The Balaban J connectivity index is 3.06. The van der Waals surface area contributed by atoms with Crippen LogP contribution in [-0.2, 0) is 0 Å². The van der Waals surface area contributed by atoms with E-state index in [2.05, 4.69) is 10.2 Å². The summed E-state index contributed by atoms with van der Waals surface area (Å²) in [6.07, 6.45) is 1.19. The molecule has 1 heterocycles. The summed E-state index contributed by atoms with van der Waals surface area (Å²) < 4.78 is 0. The van der Waals surface area contributed by atoms with Gasteiger partial charge < -0.3 is 4.90 Å². The maximum absolute atomic E-state index is 10.3. The van der Waals surface area contributed by atoms with Gasteiger partial charge in [-0.1, -0.05) is 0 Å². The van der Waals surface area contributed by atoms with E-state index in [1.54, 1.807) is 19.0 Å². The van der Waals surface area contributed by atoms with Crippen LogP contribution in [0.2, 0.25) is 0 Å². The first kappa shape index (κ1) is 7.52. The molecule has 0 fully saturated rings. The quantitative estimate of drug-likeness (QED) is 0.496. The predicted molar refractivity (Wildman–Crippen MR) is 39.6 cm³/mol. The zero-order chi connectivity index (χ0) is 8.43. The van der Waals surface area contributed by atoms with Crippen LogP contribution in [0.4, 0.5) is 11.5 Å². The molecule has 0 spiro atoms. The Hall–Kier alpha value is -1.59. The first-order valence-corrected chi connectivity index (χ1v) is 2.98. The summed E-state index contributed by atoms with van der Waals surface area (Å²) in [5.41, 5.74) is -0.00463.